The molecule has 0 bridgehead atoms. The Morgan fingerprint density at radius 2 is 1.72 bits per heavy atom. The molecular weight excluding hydrogens is 439 g/mol. The van der Waals surface area contributed by atoms with Crippen LogP contribution in [0, 0.1) is 17.1 Å². The number of halogens is 1. The molecule has 0 aliphatic carbocycles. The molecule has 170 valence electrons. The highest BCUT2D eigenvalue weighted by atomic mass is 32.2. The number of nitrogens with one attached hydrogen (secondary N) is 3. The van der Waals surface area contributed by atoms with Crippen LogP contribution in [0.15, 0.2) is 47.4 Å². The maximum absolute atomic E-state index is 13.7. The Hall–Kier alpha value is -3.49. The Morgan fingerprint density at radius 3 is 2.31 bits per heavy atom. The van der Waals surface area contributed by atoms with Crippen molar-refractivity contribution >= 4 is 33.4 Å². The second-order valence-corrected chi connectivity index (χ2v) is 9.37. The van der Waals surface area contributed by atoms with Gasteiger partial charge in [-0.15, -0.1) is 0 Å². The molecule has 0 fully saturated rings. The van der Waals surface area contributed by atoms with Gasteiger partial charge in [-0.3, -0.25) is 10.1 Å². The monoisotopic (exact) mass is 462 g/mol. The van der Waals surface area contributed by atoms with Crippen molar-refractivity contribution in [2.24, 2.45) is 0 Å². The van der Waals surface area contributed by atoms with Gasteiger partial charge in [-0.1, -0.05) is 0 Å². The average Bonchev–Trinajstić information content (AvgIpc) is 2.69. The molecule has 0 unspecified atom stereocenters. The molecule has 0 saturated heterocycles. The summed E-state index contributed by atoms with van der Waals surface area (Å²) in [5.74, 6) is -1.29. The number of hydrogen-bond donors (Lipinski definition) is 3. The number of nitriles is 1. The molecule has 2 amide bonds. The van der Waals surface area contributed by atoms with Gasteiger partial charge in [0.25, 0.3) is 5.91 Å². The van der Waals surface area contributed by atoms with Gasteiger partial charge in [-0.2, -0.15) is 5.26 Å². The molecule has 0 radical (unpaired) electrons. The number of carbonyl (C=O) groups is 2. The van der Waals surface area contributed by atoms with Crippen LogP contribution in [0.1, 0.15) is 37.6 Å². The standard InChI is InChI=1S/C21H23FN4O5S/c1-21(2,3)31-20(28)26-17-10-7-15(22)13-18(17)25-19(27)14-5-8-16(9-6-14)32(29,30)24-12-4-11-23/h5-10,13,24H,4,12H2,1-3H3,(H,25,27)(H,26,28). The van der Waals surface area contributed by atoms with E-state index in [-0.39, 0.29) is 34.8 Å². The van der Waals surface area contributed by atoms with E-state index in [2.05, 4.69) is 15.4 Å². The number of ether oxygens (including phenoxy) is 1. The van der Waals surface area contributed by atoms with Gasteiger partial charge in [0.1, 0.15) is 11.4 Å². The van der Waals surface area contributed by atoms with Crippen LogP contribution in [-0.4, -0.2) is 32.6 Å². The summed E-state index contributed by atoms with van der Waals surface area (Å²) in [4.78, 5) is 24.5. The van der Waals surface area contributed by atoms with Crippen LogP contribution in [-0.2, 0) is 14.8 Å². The van der Waals surface area contributed by atoms with E-state index in [4.69, 9.17) is 10.00 Å². The first kappa shape index (κ1) is 24.8. The summed E-state index contributed by atoms with van der Waals surface area (Å²) in [6, 6.07) is 10.3. The lowest BCUT2D eigenvalue weighted by Gasteiger charge is -2.20. The summed E-state index contributed by atoms with van der Waals surface area (Å²) < 4.78 is 45.5. The lowest BCUT2D eigenvalue weighted by molar-refractivity contribution is 0.0635. The zero-order chi connectivity index (χ0) is 23.9. The van der Waals surface area contributed by atoms with Crippen LogP contribution in [0.25, 0.3) is 0 Å². The molecule has 11 heteroatoms. The largest absolute Gasteiger partial charge is 0.444 e. The van der Waals surface area contributed by atoms with E-state index in [0.717, 1.165) is 12.1 Å². The zero-order valence-corrected chi connectivity index (χ0v) is 18.5. The van der Waals surface area contributed by atoms with Crippen molar-refractivity contribution in [2.45, 2.75) is 37.7 Å². The number of benzene rings is 2. The predicted octanol–water partition coefficient (Wildman–Crippen LogP) is 3.62. The van der Waals surface area contributed by atoms with E-state index < -0.39 is 33.4 Å². The molecule has 2 aromatic rings. The fraction of sp³-hybridized carbons (Fsp3) is 0.286. The van der Waals surface area contributed by atoms with Crippen molar-refractivity contribution in [1.29, 1.82) is 5.26 Å². The fourth-order valence-corrected chi connectivity index (χ4v) is 3.48. The summed E-state index contributed by atoms with van der Waals surface area (Å²) in [5.41, 5.74) is -0.530. The molecule has 0 atom stereocenters. The number of anilines is 2. The number of nitrogens with zero attached hydrogens (tertiary/aromatic N) is 1. The van der Waals surface area contributed by atoms with E-state index >= 15 is 0 Å². The highest BCUT2D eigenvalue weighted by Crippen LogP contribution is 2.24. The number of amides is 2. The van der Waals surface area contributed by atoms with Crippen LogP contribution in [0.4, 0.5) is 20.6 Å². The second kappa shape index (κ2) is 10.2. The quantitative estimate of drug-likeness (QED) is 0.538. The van der Waals surface area contributed by atoms with Gasteiger partial charge in [-0.25, -0.2) is 22.3 Å². The van der Waals surface area contributed by atoms with Gasteiger partial charge in [0.2, 0.25) is 10.0 Å². The number of hydrogen-bond acceptors (Lipinski definition) is 6. The van der Waals surface area contributed by atoms with E-state index in [1.165, 1.54) is 30.3 Å². The molecule has 0 heterocycles. The summed E-state index contributed by atoms with van der Waals surface area (Å²) in [5, 5.41) is 13.4. The van der Waals surface area contributed by atoms with Crippen LogP contribution >= 0.6 is 0 Å². The Morgan fingerprint density at radius 1 is 1.06 bits per heavy atom. The smallest absolute Gasteiger partial charge is 0.412 e. The summed E-state index contributed by atoms with van der Waals surface area (Å²) in [6.07, 6.45) is -0.759. The molecule has 3 N–H and O–H groups in total. The second-order valence-electron chi connectivity index (χ2n) is 7.60. The predicted molar refractivity (Wildman–Crippen MR) is 116 cm³/mol. The molecule has 0 aliphatic rings. The zero-order valence-electron chi connectivity index (χ0n) is 17.7. The molecule has 0 aromatic heterocycles. The first-order chi connectivity index (χ1) is 14.9. The fourth-order valence-electron chi connectivity index (χ4n) is 2.45. The maximum atomic E-state index is 13.7. The third-order valence-electron chi connectivity index (χ3n) is 3.82. The Labute approximate surface area is 185 Å². The van der Waals surface area contributed by atoms with Gasteiger partial charge in [-0.05, 0) is 63.2 Å². The van der Waals surface area contributed by atoms with Crippen molar-refractivity contribution in [3.8, 4) is 6.07 Å². The Bertz CT molecular complexity index is 1140. The minimum atomic E-state index is -3.82. The van der Waals surface area contributed by atoms with Crippen molar-refractivity contribution in [3.05, 3.63) is 53.8 Å². The Kier molecular flexibility index (Phi) is 7.91. The van der Waals surface area contributed by atoms with E-state index in [1.54, 1.807) is 20.8 Å². The van der Waals surface area contributed by atoms with Gasteiger partial charge in [0.15, 0.2) is 0 Å². The van der Waals surface area contributed by atoms with Crippen molar-refractivity contribution in [1.82, 2.24) is 4.72 Å². The van der Waals surface area contributed by atoms with Crippen molar-refractivity contribution in [2.75, 3.05) is 17.2 Å². The van der Waals surface area contributed by atoms with E-state index in [1.807, 2.05) is 6.07 Å². The highest BCUT2D eigenvalue weighted by molar-refractivity contribution is 7.89. The SMILES string of the molecule is CC(C)(C)OC(=O)Nc1ccc(F)cc1NC(=O)c1ccc(S(=O)(=O)NCCC#N)cc1. The van der Waals surface area contributed by atoms with Gasteiger partial charge >= 0.3 is 6.09 Å². The number of carbonyl (C=O) groups excluding carboxylic acids is 2. The number of rotatable bonds is 7. The lowest BCUT2D eigenvalue weighted by Crippen LogP contribution is -2.27. The van der Waals surface area contributed by atoms with Gasteiger partial charge in [0, 0.05) is 18.5 Å². The van der Waals surface area contributed by atoms with Crippen molar-refractivity contribution in [3.63, 3.8) is 0 Å². The molecule has 2 aromatic carbocycles. The molecule has 32 heavy (non-hydrogen) atoms. The summed E-state index contributed by atoms with van der Waals surface area (Å²) in [6.45, 7) is 5.02. The van der Waals surface area contributed by atoms with Crippen LogP contribution in [0.3, 0.4) is 0 Å². The van der Waals surface area contributed by atoms with Gasteiger partial charge < -0.3 is 10.1 Å². The third kappa shape index (κ3) is 7.33. The van der Waals surface area contributed by atoms with Crippen LogP contribution < -0.4 is 15.4 Å². The van der Waals surface area contributed by atoms with Crippen LogP contribution in [0.5, 0.6) is 0 Å². The topological polar surface area (TPSA) is 137 Å². The highest BCUT2D eigenvalue weighted by Gasteiger charge is 2.19. The normalized spacial score (nSPS) is 11.3. The Balaban J connectivity index is 2.16. The number of sulfonamides is 1. The molecular formula is C21H23FN4O5S. The van der Waals surface area contributed by atoms with Crippen molar-refractivity contribution < 1.29 is 27.1 Å². The third-order valence-corrected chi connectivity index (χ3v) is 5.30. The summed E-state index contributed by atoms with van der Waals surface area (Å²) >= 11 is 0. The maximum Gasteiger partial charge on any atom is 0.412 e. The molecule has 9 nitrogen and oxygen atoms in total. The molecule has 0 saturated carbocycles. The van der Waals surface area contributed by atoms with E-state index in [9.17, 15) is 22.4 Å². The average molecular weight is 463 g/mol. The first-order valence-electron chi connectivity index (χ1n) is 9.49. The minimum Gasteiger partial charge on any atom is -0.444 e. The first-order valence-corrected chi connectivity index (χ1v) is 11.0. The van der Waals surface area contributed by atoms with Crippen LogP contribution in [0.2, 0.25) is 0 Å². The van der Waals surface area contributed by atoms with Gasteiger partial charge in [0.05, 0.1) is 22.3 Å². The molecule has 0 spiro atoms. The summed E-state index contributed by atoms with van der Waals surface area (Å²) in [7, 11) is -3.82. The lowest BCUT2D eigenvalue weighted by atomic mass is 10.2. The molecule has 2 rings (SSSR count). The molecule has 0 aliphatic heterocycles. The van der Waals surface area contributed by atoms with E-state index in [0.29, 0.717) is 0 Å². The minimum absolute atomic E-state index is 0.00396.